The molecule has 3 nitrogen and oxygen atoms in total. The number of hydrogen-bond acceptors (Lipinski definition) is 2. The number of nitrogens with one attached hydrogen (secondary N) is 1. The van der Waals surface area contributed by atoms with E-state index in [-0.39, 0.29) is 0 Å². The fraction of sp³-hybridized carbons (Fsp3) is 0.400. The maximum Gasteiger partial charge on any atom is 0.203 e. The van der Waals surface area contributed by atoms with E-state index >= 15 is 0 Å². The van der Waals surface area contributed by atoms with Crippen molar-refractivity contribution in [1.82, 2.24) is 9.55 Å². The highest BCUT2D eigenvalue weighted by Crippen LogP contribution is 2.12. The van der Waals surface area contributed by atoms with Crippen molar-refractivity contribution < 1.29 is 0 Å². The molecule has 2 rings (SSSR count). The number of rotatable bonds is 5. The second-order valence-corrected chi connectivity index (χ2v) is 5.09. The molecule has 0 saturated heterocycles. The number of imidazole rings is 1. The van der Waals surface area contributed by atoms with Crippen LogP contribution in [0.1, 0.15) is 25.1 Å². The second kappa shape index (κ2) is 5.71. The molecule has 0 radical (unpaired) electrons. The van der Waals surface area contributed by atoms with Gasteiger partial charge in [-0.25, -0.2) is 4.98 Å². The van der Waals surface area contributed by atoms with Gasteiger partial charge >= 0.3 is 0 Å². The lowest BCUT2D eigenvalue weighted by molar-refractivity contribution is 0.526. The quantitative estimate of drug-likeness (QED) is 0.871. The highest BCUT2D eigenvalue weighted by molar-refractivity contribution is 5.31. The summed E-state index contributed by atoms with van der Waals surface area (Å²) < 4.78 is 2.20. The topological polar surface area (TPSA) is 29.9 Å². The second-order valence-electron chi connectivity index (χ2n) is 5.09. The number of anilines is 1. The summed E-state index contributed by atoms with van der Waals surface area (Å²) in [4.78, 5) is 4.53. The molecule has 3 heteroatoms. The Morgan fingerprint density at radius 3 is 2.61 bits per heavy atom. The van der Waals surface area contributed by atoms with Gasteiger partial charge in [0.25, 0.3) is 0 Å². The Morgan fingerprint density at radius 2 is 1.94 bits per heavy atom. The molecule has 0 spiro atoms. The number of aryl methyl sites for hydroxylation is 1. The van der Waals surface area contributed by atoms with Gasteiger partial charge in [0.05, 0.1) is 5.69 Å². The van der Waals surface area contributed by atoms with Crippen LogP contribution in [0.15, 0.2) is 36.5 Å². The van der Waals surface area contributed by atoms with Gasteiger partial charge in [-0.15, -0.1) is 0 Å². The lowest BCUT2D eigenvalue weighted by atomic mass is 10.2. The van der Waals surface area contributed by atoms with Gasteiger partial charge in [-0.2, -0.15) is 0 Å². The van der Waals surface area contributed by atoms with Gasteiger partial charge in [-0.1, -0.05) is 44.2 Å². The van der Waals surface area contributed by atoms with Gasteiger partial charge < -0.3 is 9.88 Å². The van der Waals surface area contributed by atoms with E-state index in [1.54, 1.807) is 0 Å². The molecule has 0 aliphatic carbocycles. The van der Waals surface area contributed by atoms with E-state index in [4.69, 9.17) is 0 Å². The molecule has 0 amide bonds. The highest BCUT2D eigenvalue weighted by atomic mass is 15.2. The van der Waals surface area contributed by atoms with Gasteiger partial charge in [0.1, 0.15) is 0 Å². The standard InChI is InChI=1S/C15H21N3/c1-12(2)10-18-11-13(3)17-15(18)16-9-14-7-5-4-6-8-14/h4-8,11-12H,9-10H2,1-3H3,(H,16,17). The summed E-state index contributed by atoms with van der Waals surface area (Å²) in [6.07, 6.45) is 2.10. The smallest absolute Gasteiger partial charge is 0.203 e. The normalized spacial score (nSPS) is 10.9. The zero-order chi connectivity index (χ0) is 13.0. The van der Waals surface area contributed by atoms with E-state index in [1.807, 2.05) is 13.0 Å². The Labute approximate surface area is 109 Å². The third kappa shape index (κ3) is 3.36. The van der Waals surface area contributed by atoms with Crippen LogP contribution >= 0.6 is 0 Å². The van der Waals surface area contributed by atoms with Crippen LogP contribution in [-0.2, 0) is 13.1 Å². The van der Waals surface area contributed by atoms with Gasteiger partial charge in [0, 0.05) is 19.3 Å². The first kappa shape index (κ1) is 12.7. The average Bonchev–Trinajstić information content (AvgIpc) is 2.67. The molecular formula is C15H21N3. The van der Waals surface area contributed by atoms with Crippen molar-refractivity contribution in [2.75, 3.05) is 5.32 Å². The van der Waals surface area contributed by atoms with Gasteiger partial charge in [-0.3, -0.25) is 0 Å². The fourth-order valence-corrected chi connectivity index (χ4v) is 2.00. The Kier molecular flexibility index (Phi) is 4.03. The van der Waals surface area contributed by atoms with Crippen LogP contribution in [0.2, 0.25) is 0 Å². The highest BCUT2D eigenvalue weighted by Gasteiger charge is 2.06. The number of nitrogens with zero attached hydrogens (tertiary/aromatic N) is 2. The van der Waals surface area contributed by atoms with Gasteiger partial charge in [-0.05, 0) is 18.4 Å². The first-order chi connectivity index (χ1) is 8.65. The summed E-state index contributed by atoms with van der Waals surface area (Å²) in [5.74, 6) is 1.58. The first-order valence-electron chi connectivity index (χ1n) is 6.46. The molecule has 0 fully saturated rings. The summed E-state index contributed by atoms with van der Waals surface area (Å²) in [6.45, 7) is 8.28. The molecule has 1 aromatic heterocycles. The summed E-state index contributed by atoms with van der Waals surface area (Å²) in [5, 5.41) is 3.41. The molecule has 1 aromatic carbocycles. The SMILES string of the molecule is Cc1cn(CC(C)C)c(NCc2ccccc2)n1. The summed E-state index contributed by atoms with van der Waals surface area (Å²) in [6, 6.07) is 10.4. The van der Waals surface area contributed by atoms with Gasteiger partial charge in [0.15, 0.2) is 0 Å². The van der Waals surface area contributed by atoms with Crippen molar-refractivity contribution in [1.29, 1.82) is 0 Å². The molecule has 1 N–H and O–H groups in total. The molecule has 18 heavy (non-hydrogen) atoms. The predicted octanol–water partition coefficient (Wildman–Crippen LogP) is 3.46. The van der Waals surface area contributed by atoms with Crippen LogP contribution in [0.25, 0.3) is 0 Å². The van der Waals surface area contributed by atoms with Crippen LogP contribution in [0, 0.1) is 12.8 Å². The Bertz CT molecular complexity index is 486. The predicted molar refractivity (Wildman–Crippen MR) is 75.6 cm³/mol. The lowest BCUT2D eigenvalue weighted by Crippen LogP contribution is -2.10. The third-order valence-electron chi connectivity index (χ3n) is 2.75. The summed E-state index contributed by atoms with van der Waals surface area (Å²) in [7, 11) is 0. The zero-order valence-electron chi connectivity index (χ0n) is 11.4. The van der Waals surface area contributed by atoms with Crippen molar-refractivity contribution in [3.63, 3.8) is 0 Å². The maximum atomic E-state index is 4.53. The van der Waals surface area contributed by atoms with Crippen molar-refractivity contribution in [3.8, 4) is 0 Å². The average molecular weight is 243 g/mol. The van der Waals surface area contributed by atoms with Crippen LogP contribution in [0.4, 0.5) is 5.95 Å². The molecule has 0 atom stereocenters. The summed E-state index contributed by atoms with van der Waals surface area (Å²) in [5.41, 5.74) is 2.33. The Morgan fingerprint density at radius 1 is 1.22 bits per heavy atom. The zero-order valence-corrected chi connectivity index (χ0v) is 11.4. The van der Waals surface area contributed by atoms with Gasteiger partial charge in [0.2, 0.25) is 5.95 Å². The third-order valence-corrected chi connectivity index (χ3v) is 2.75. The van der Waals surface area contributed by atoms with Crippen molar-refractivity contribution in [2.45, 2.75) is 33.9 Å². The molecule has 0 aliphatic heterocycles. The first-order valence-corrected chi connectivity index (χ1v) is 6.46. The molecule has 0 saturated carbocycles. The van der Waals surface area contributed by atoms with Crippen molar-refractivity contribution in [3.05, 3.63) is 47.8 Å². The molecule has 0 bridgehead atoms. The van der Waals surface area contributed by atoms with E-state index in [2.05, 4.69) is 59.2 Å². The van der Waals surface area contributed by atoms with Crippen LogP contribution < -0.4 is 5.32 Å². The summed E-state index contributed by atoms with van der Waals surface area (Å²) >= 11 is 0. The van der Waals surface area contributed by atoms with E-state index in [1.165, 1.54) is 5.56 Å². The Balaban J connectivity index is 2.04. The van der Waals surface area contributed by atoms with E-state index in [9.17, 15) is 0 Å². The molecular weight excluding hydrogens is 222 g/mol. The number of aromatic nitrogens is 2. The molecule has 1 heterocycles. The fourth-order valence-electron chi connectivity index (χ4n) is 2.00. The minimum Gasteiger partial charge on any atom is -0.352 e. The molecule has 2 aromatic rings. The van der Waals surface area contributed by atoms with Crippen LogP contribution in [-0.4, -0.2) is 9.55 Å². The van der Waals surface area contributed by atoms with Crippen molar-refractivity contribution >= 4 is 5.95 Å². The lowest BCUT2D eigenvalue weighted by Gasteiger charge is -2.11. The molecule has 96 valence electrons. The number of hydrogen-bond donors (Lipinski definition) is 1. The minimum atomic E-state index is 0.621. The van der Waals surface area contributed by atoms with E-state index in [0.717, 1.165) is 24.7 Å². The number of benzene rings is 1. The Hall–Kier alpha value is -1.77. The van der Waals surface area contributed by atoms with Crippen molar-refractivity contribution in [2.24, 2.45) is 5.92 Å². The minimum absolute atomic E-state index is 0.621. The van der Waals surface area contributed by atoms with Crippen LogP contribution in [0.5, 0.6) is 0 Å². The maximum absolute atomic E-state index is 4.53. The molecule has 0 aliphatic rings. The largest absolute Gasteiger partial charge is 0.352 e. The molecule has 0 unspecified atom stereocenters. The van der Waals surface area contributed by atoms with E-state index < -0.39 is 0 Å². The van der Waals surface area contributed by atoms with Crippen LogP contribution in [0.3, 0.4) is 0 Å². The van der Waals surface area contributed by atoms with E-state index in [0.29, 0.717) is 5.92 Å². The monoisotopic (exact) mass is 243 g/mol.